The Bertz CT molecular complexity index is 517. The number of nitrogens with two attached hydrogens (primary N) is 1. The lowest BCUT2D eigenvalue weighted by molar-refractivity contribution is 0.0528. The molecule has 0 amide bonds. The Balaban J connectivity index is 2.34. The van der Waals surface area contributed by atoms with Crippen LogP contribution >= 0.6 is 0 Å². The van der Waals surface area contributed by atoms with Crippen LogP contribution in [0.15, 0.2) is 36.4 Å². The van der Waals surface area contributed by atoms with Gasteiger partial charge in [0.05, 0.1) is 6.61 Å². The summed E-state index contributed by atoms with van der Waals surface area (Å²) in [4.78, 5) is 14.6. The molecule has 2 rings (SSSR count). The summed E-state index contributed by atoms with van der Waals surface area (Å²) in [5.41, 5.74) is 7.93. The van der Waals surface area contributed by atoms with Crippen LogP contribution < -0.4 is 5.73 Å². The van der Waals surface area contributed by atoms with E-state index in [1.54, 1.807) is 13.0 Å². The fourth-order valence-electron chi connectivity index (χ4n) is 1.62. The number of hydrogen-bond acceptors (Lipinski definition) is 3. The summed E-state index contributed by atoms with van der Waals surface area (Å²) in [7, 11) is 0. The van der Waals surface area contributed by atoms with Gasteiger partial charge in [0.15, 0.2) is 0 Å². The normalized spacial score (nSPS) is 10.2. The van der Waals surface area contributed by atoms with Crippen LogP contribution in [0.1, 0.15) is 17.3 Å². The number of nitrogens with one attached hydrogen (secondary N) is 1. The third-order valence-electron chi connectivity index (χ3n) is 2.43. The molecule has 0 spiro atoms. The molecule has 0 bridgehead atoms. The maximum Gasteiger partial charge on any atom is 0.341 e. The average Bonchev–Trinajstić information content (AvgIpc) is 2.73. The van der Waals surface area contributed by atoms with Gasteiger partial charge >= 0.3 is 5.97 Å². The quantitative estimate of drug-likeness (QED) is 0.796. The van der Waals surface area contributed by atoms with Gasteiger partial charge in [0.2, 0.25) is 0 Å². The Morgan fingerprint density at radius 2 is 2.06 bits per heavy atom. The van der Waals surface area contributed by atoms with E-state index in [1.165, 1.54) is 0 Å². The van der Waals surface area contributed by atoms with Gasteiger partial charge in [0, 0.05) is 5.69 Å². The lowest BCUT2D eigenvalue weighted by atomic mass is 10.1. The van der Waals surface area contributed by atoms with Crippen LogP contribution in [0.5, 0.6) is 0 Å². The van der Waals surface area contributed by atoms with Crippen molar-refractivity contribution >= 4 is 11.8 Å². The average molecular weight is 230 g/mol. The molecule has 2 aromatic rings. The van der Waals surface area contributed by atoms with Gasteiger partial charge in [-0.1, -0.05) is 30.3 Å². The molecular formula is C13H14N2O2. The predicted octanol–water partition coefficient (Wildman–Crippen LogP) is 2.44. The predicted molar refractivity (Wildman–Crippen MR) is 66.6 cm³/mol. The number of aromatic nitrogens is 1. The molecule has 3 N–H and O–H groups in total. The highest BCUT2D eigenvalue weighted by molar-refractivity contribution is 5.96. The molecule has 0 aliphatic heterocycles. The molecule has 1 aromatic heterocycles. The fourth-order valence-corrected chi connectivity index (χ4v) is 1.62. The van der Waals surface area contributed by atoms with Crippen molar-refractivity contribution in [1.29, 1.82) is 0 Å². The number of esters is 1. The van der Waals surface area contributed by atoms with Crippen LogP contribution in [0, 0.1) is 0 Å². The molecule has 0 aliphatic rings. The third-order valence-corrected chi connectivity index (χ3v) is 2.43. The largest absolute Gasteiger partial charge is 0.462 e. The molecule has 0 atom stereocenters. The highest BCUT2D eigenvalue weighted by atomic mass is 16.5. The maximum absolute atomic E-state index is 11.6. The number of carbonyl (C=O) groups is 1. The molecule has 1 aromatic carbocycles. The number of benzene rings is 1. The number of nitrogen functional groups attached to an aromatic ring is 1. The van der Waals surface area contributed by atoms with Crippen LogP contribution in [0.25, 0.3) is 11.3 Å². The minimum Gasteiger partial charge on any atom is -0.462 e. The zero-order valence-electron chi connectivity index (χ0n) is 9.57. The van der Waals surface area contributed by atoms with E-state index in [1.807, 2.05) is 30.3 Å². The minimum absolute atomic E-state index is 0.335. The molecule has 88 valence electrons. The van der Waals surface area contributed by atoms with E-state index in [0.29, 0.717) is 18.0 Å². The van der Waals surface area contributed by atoms with Crippen LogP contribution in [0.2, 0.25) is 0 Å². The summed E-state index contributed by atoms with van der Waals surface area (Å²) in [6.45, 7) is 2.10. The Morgan fingerprint density at radius 1 is 1.35 bits per heavy atom. The minimum atomic E-state index is -0.400. The molecule has 17 heavy (non-hydrogen) atoms. The summed E-state index contributed by atoms with van der Waals surface area (Å²) in [6, 6.07) is 11.4. The van der Waals surface area contributed by atoms with Crippen LogP contribution in [0.3, 0.4) is 0 Å². The van der Waals surface area contributed by atoms with Crippen LogP contribution in [0.4, 0.5) is 5.82 Å². The number of anilines is 1. The standard InChI is InChI=1S/C13H14N2O2/c1-2-17-13(16)10-8-11(15-12(10)14)9-6-4-3-5-7-9/h3-8,15H,2,14H2,1H3. The van der Waals surface area contributed by atoms with E-state index in [-0.39, 0.29) is 0 Å². The van der Waals surface area contributed by atoms with E-state index >= 15 is 0 Å². The first-order chi connectivity index (χ1) is 8.22. The van der Waals surface area contributed by atoms with Crippen LogP contribution in [-0.4, -0.2) is 17.6 Å². The smallest absolute Gasteiger partial charge is 0.341 e. The number of rotatable bonds is 3. The van der Waals surface area contributed by atoms with E-state index in [9.17, 15) is 4.79 Å². The second-order valence-corrected chi connectivity index (χ2v) is 3.60. The second kappa shape index (κ2) is 4.74. The zero-order valence-corrected chi connectivity index (χ0v) is 9.57. The number of aromatic amines is 1. The molecule has 0 saturated carbocycles. The van der Waals surface area contributed by atoms with E-state index in [0.717, 1.165) is 11.3 Å². The third kappa shape index (κ3) is 2.30. The van der Waals surface area contributed by atoms with Gasteiger partial charge in [-0.25, -0.2) is 4.79 Å². The van der Waals surface area contributed by atoms with E-state index < -0.39 is 5.97 Å². The molecule has 0 radical (unpaired) electrons. The Labute approximate surface area is 99.4 Å². The molecule has 4 heteroatoms. The Kier molecular flexibility index (Phi) is 3.14. The van der Waals surface area contributed by atoms with Gasteiger partial charge in [-0.2, -0.15) is 0 Å². The van der Waals surface area contributed by atoms with Gasteiger partial charge in [0.1, 0.15) is 11.4 Å². The molecule has 0 aliphatic carbocycles. The summed E-state index contributed by atoms with van der Waals surface area (Å²) in [5.74, 6) is -0.0641. The Morgan fingerprint density at radius 3 is 2.71 bits per heavy atom. The SMILES string of the molecule is CCOC(=O)c1cc(-c2ccccc2)[nH]c1N. The lowest BCUT2D eigenvalue weighted by Gasteiger charge is -1.98. The first kappa shape index (κ1) is 11.3. The van der Waals surface area contributed by atoms with Crippen molar-refractivity contribution in [3.8, 4) is 11.3 Å². The Hall–Kier alpha value is -2.23. The highest BCUT2D eigenvalue weighted by Crippen LogP contribution is 2.23. The van der Waals surface area contributed by atoms with Crippen molar-refractivity contribution in [3.63, 3.8) is 0 Å². The molecule has 0 unspecified atom stereocenters. The van der Waals surface area contributed by atoms with E-state index in [2.05, 4.69) is 4.98 Å². The monoisotopic (exact) mass is 230 g/mol. The fraction of sp³-hybridized carbons (Fsp3) is 0.154. The first-order valence-electron chi connectivity index (χ1n) is 5.43. The van der Waals surface area contributed by atoms with Crippen LogP contribution in [-0.2, 0) is 4.74 Å². The molecule has 0 saturated heterocycles. The number of carbonyl (C=O) groups excluding carboxylic acids is 1. The number of hydrogen-bond donors (Lipinski definition) is 2. The molecule has 4 nitrogen and oxygen atoms in total. The summed E-state index contributed by atoms with van der Waals surface area (Å²) in [5, 5.41) is 0. The molecular weight excluding hydrogens is 216 g/mol. The number of H-pyrrole nitrogens is 1. The van der Waals surface area contributed by atoms with Gasteiger partial charge in [-0.05, 0) is 18.6 Å². The summed E-state index contributed by atoms with van der Waals surface area (Å²) in [6.07, 6.45) is 0. The van der Waals surface area contributed by atoms with Crippen molar-refractivity contribution < 1.29 is 9.53 Å². The molecule has 1 heterocycles. The van der Waals surface area contributed by atoms with Crippen molar-refractivity contribution in [2.75, 3.05) is 12.3 Å². The maximum atomic E-state index is 11.6. The highest BCUT2D eigenvalue weighted by Gasteiger charge is 2.14. The van der Waals surface area contributed by atoms with Gasteiger partial charge in [0.25, 0.3) is 0 Å². The summed E-state index contributed by atoms with van der Waals surface area (Å²) < 4.78 is 4.92. The van der Waals surface area contributed by atoms with Gasteiger partial charge < -0.3 is 15.5 Å². The van der Waals surface area contributed by atoms with Crippen molar-refractivity contribution in [2.45, 2.75) is 6.92 Å². The van der Waals surface area contributed by atoms with Crippen molar-refractivity contribution in [2.24, 2.45) is 0 Å². The van der Waals surface area contributed by atoms with Gasteiger partial charge in [-0.15, -0.1) is 0 Å². The first-order valence-corrected chi connectivity index (χ1v) is 5.43. The van der Waals surface area contributed by atoms with E-state index in [4.69, 9.17) is 10.5 Å². The zero-order chi connectivity index (χ0) is 12.3. The second-order valence-electron chi connectivity index (χ2n) is 3.60. The summed E-state index contributed by atoms with van der Waals surface area (Å²) >= 11 is 0. The van der Waals surface area contributed by atoms with Gasteiger partial charge in [-0.3, -0.25) is 0 Å². The number of ether oxygens (including phenoxy) is 1. The van der Waals surface area contributed by atoms with Crippen molar-refractivity contribution in [3.05, 3.63) is 42.0 Å². The lowest BCUT2D eigenvalue weighted by Crippen LogP contribution is -2.05. The van der Waals surface area contributed by atoms with Crippen molar-refractivity contribution in [1.82, 2.24) is 4.98 Å². The topological polar surface area (TPSA) is 68.1 Å². The molecule has 0 fully saturated rings.